The topological polar surface area (TPSA) is 38.9 Å². The first-order valence-electron chi connectivity index (χ1n) is 21.1. The second-order valence-electron chi connectivity index (χ2n) is 20.1. The predicted molar refractivity (Wildman–Crippen MR) is 242 cm³/mol. The van der Waals surface area contributed by atoms with Crippen LogP contribution in [-0.4, -0.2) is 19.3 Å². The van der Waals surface area contributed by atoms with E-state index in [2.05, 4.69) is 92.6 Å². The van der Waals surface area contributed by atoms with Gasteiger partial charge >= 0.3 is 21.1 Å². The Bertz CT molecular complexity index is 3150. The molecule has 11 heteroatoms. The average Bonchev–Trinajstić information content (AvgIpc) is 3.80. The van der Waals surface area contributed by atoms with Gasteiger partial charge in [-0.15, -0.1) is 35.2 Å². The van der Waals surface area contributed by atoms with Crippen LogP contribution < -0.4 is 4.90 Å². The van der Waals surface area contributed by atoms with Crippen LogP contribution in [0.3, 0.4) is 0 Å². The van der Waals surface area contributed by atoms with Gasteiger partial charge in [-0.2, -0.15) is 17.2 Å². The quantitative estimate of drug-likeness (QED) is 0.0763. The molecule has 0 unspecified atom stereocenters. The van der Waals surface area contributed by atoms with Crippen LogP contribution in [0.1, 0.15) is 104 Å². The molecule has 64 heavy (non-hydrogen) atoms. The van der Waals surface area contributed by atoms with Gasteiger partial charge in [0.25, 0.3) is 0 Å². The maximum Gasteiger partial charge on any atom is 2.00 e. The van der Waals surface area contributed by atoms with Crippen molar-refractivity contribution in [2.24, 2.45) is 0 Å². The summed E-state index contributed by atoms with van der Waals surface area (Å²) in [6.45, 7) is 21.7. The molecule has 0 spiro atoms. The van der Waals surface area contributed by atoms with Crippen LogP contribution in [0.15, 0.2) is 91.1 Å². The molecule has 9 rings (SSSR count). The molecule has 0 saturated carbocycles. The minimum atomic E-state index is -2.22. The van der Waals surface area contributed by atoms with Crippen molar-refractivity contribution in [3.63, 3.8) is 0 Å². The monoisotopic (exact) mass is 1040 g/mol. The fourth-order valence-corrected chi connectivity index (χ4v) is 9.12. The van der Waals surface area contributed by atoms with Crippen molar-refractivity contribution < 1.29 is 43.0 Å². The third-order valence-corrected chi connectivity index (χ3v) is 12.3. The van der Waals surface area contributed by atoms with E-state index < -0.39 is 50.9 Å². The Labute approximate surface area is 385 Å². The van der Waals surface area contributed by atoms with Gasteiger partial charge in [-0.25, -0.2) is 26.9 Å². The van der Waals surface area contributed by atoms with E-state index in [0.29, 0.717) is 11.4 Å². The Kier molecular flexibility index (Phi) is 10.7. The maximum absolute atomic E-state index is 15.9. The van der Waals surface area contributed by atoms with Crippen LogP contribution in [0, 0.1) is 41.2 Å². The van der Waals surface area contributed by atoms with Gasteiger partial charge in [-0.05, 0) is 57.3 Å². The summed E-state index contributed by atoms with van der Waals surface area (Å²) >= 11 is 0. The van der Waals surface area contributed by atoms with Crippen molar-refractivity contribution in [1.29, 1.82) is 0 Å². The number of fused-ring (bicyclic) bond motifs is 5. The number of pyridine rings is 1. The van der Waals surface area contributed by atoms with E-state index in [4.69, 9.17) is 10.1 Å². The van der Waals surface area contributed by atoms with Crippen molar-refractivity contribution in [2.75, 3.05) is 4.90 Å². The summed E-state index contributed by atoms with van der Waals surface area (Å²) in [5.74, 6) is -9.30. The number of halogens is 5. The largest absolute Gasteiger partial charge is 2.00 e. The summed E-state index contributed by atoms with van der Waals surface area (Å²) in [5, 5.41) is 7.06. The Morgan fingerprint density at radius 1 is 0.594 bits per heavy atom. The number of hydrogen-bond acceptors (Lipinski definition) is 3. The molecule has 0 bridgehead atoms. The molecule has 0 saturated heterocycles. The van der Waals surface area contributed by atoms with E-state index in [1.807, 2.05) is 75.5 Å². The van der Waals surface area contributed by atoms with Gasteiger partial charge in [0.1, 0.15) is 5.82 Å². The maximum atomic E-state index is 15.9. The van der Waals surface area contributed by atoms with Gasteiger partial charge in [-0.3, -0.25) is 4.68 Å². The third kappa shape index (κ3) is 6.90. The van der Waals surface area contributed by atoms with Crippen molar-refractivity contribution in [2.45, 2.75) is 97.8 Å². The minimum absolute atomic E-state index is 0. The van der Waals surface area contributed by atoms with Crippen LogP contribution >= 0.6 is 0 Å². The molecule has 0 fully saturated rings. The molecule has 0 N–H and O–H groups in total. The van der Waals surface area contributed by atoms with E-state index in [-0.39, 0.29) is 43.4 Å². The summed E-state index contributed by atoms with van der Waals surface area (Å²) in [5.41, 5.74) is 4.54. The van der Waals surface area contributed by atoms with Crippen LogP contribution in [0.5, 0.6) is 0 Å². The SMILES string of the molecule is CC(C)(C)c1ccnc(-n2c3[c-]c(N4c5[c-]c(-n6nc(C(C)(C)C)c(-c7c(F)c(F)c(F)c(F)c7F)c6C(C)(C)C)ccc5C(C)(C)c5ccccc54)ccc3c3ccccc32)c1.[Pt+2]. The smallest absolute Gasteiger partial charge is 0.358 e. The van der Waals surface area contributed by atoms with Gasteiger partial charge in [0.2, 0.25) is 5.82 Å². The molecule has 330 valence electrons. The van der Waals surface area contributed by atoms with Gasteiger partial charge in [0, 0.05) is 33.8 Å². The Morgan fingerprint density at radius 2 is 1.22 bits per heavy atom. The number of para-hydroxylation sites is 2. The van der Waals surface area contributed by atoms with Gasteiger partial charge in [0.15, 0.2) is 23.3 Å². The fourth-order valence-electron chi connectivity index (χ4n) is 9.12. The third-order valence-electron chi connectivity index (χ3n) is 12.3. The summed E-state index contributed by atoms with van der Waals surface area (Å²) in [6, 6.07) is 36.1. The van der Waals surface area contributed by atoms with Crippen LogP contribution in [0.4, 0.5) is 39.0 Å². The van der Waals surface area contributed by atoms with Gasteiger partial charge in [-0.1, -0.05) is 129 Å². The van der Waals surface area contributed by atoms with Crippen molar-refractivity contribution in [1.82, 2.24) is 19.3 Å². The Balaban J connectivity index is 0.00000560. The molecule has 1 aliphatic rings. The van der Waals surface area contributed by atoms with Crippen molar-refractivity contribution in [3.8, 4) is 22.6 Å². The van der Waals surface area contributed by atoms with E-state index in [1.165, 1.54) is 0 Å². The number of rotatable bonds is 4. The zero-order valence-electron chi connectivity index (χ0n) is 37.6. The predicted octanol–water partition coefficient (Wildman–Crippen LogP) is 14.3. The average molecular weight is 1050 g/mol. The standard InChI is InChI=1S/C53H48F5N5.Pt/c1-50(2,3)29-24-25-59-40(26-29)62-36-18-14-12-16-32(36)33-22-20-30(27-38(33)62)61-37-19-15-13-17-34(37)53(10,11)35-23-21-31(28-39(35)61)63-49(52(7,8)9)42(48(60-63)51(4,5)6)41-43(54)45(56)47(58)46(57)44(41)55;/h12-26H,1-11H3;/q-2;+2. The van der Waals surface area contributed by atoms with Gasteiger partial charge < -0.3 is 9.47 Å². The molecular formula is C53H48F5N5Pt. The number of hydrogen-bond donors (Lipinski definition) is 0. The summed E-state index contributed by atoms with van der Waals surface area (Å²) in [4.78, 5) is 7.00. The van der Waals surface area contributed by atoms with E-state index in [1.54, 1.807) is 25.5 Å². The zero-order valence-corrected chi connectivity index (χ0v) is 39.9. The molecule has 5 nitrogen and oxygen atoms in total. The fraction of sp³-hybridized carbons (Fsp3) is 0.283. The second-order valence-corrected chi connectivity index (χ2v) is 20.1. The summed E-state index contributed by atoms with van der Waals surface area (Å²) < 4.78 is 80.1. The van der Waals surface area contributed by atoms with E-state index in [9.17, 15) is 4.39 Å². The Hall–Kier alpha value is -5.60. The molecule has 0 radical (unpaired) electrons. The molecule has 4 heterocycles. The molecule has 0 aliphatic carbocycles. The zero-order chi connectivity index (χ0) is 45.3. The molecule has 5 aromatic carbocycles. The molecule has 0 atom stereocenters. The molecule has 3 aromatic heterocycles. The first kappa shape index (κ1) is 45.0. The van der Waals surface area contributed by atoms with Gasteiger partial charge in [0.05, 0.1) is 17.0 Å². The summed E-state index contributed by atoms with van der Waals surface area (Å²) in [7, 11) is 0. The molecule has 0 amide bonds. The minimum Gasteiger partial charge on any atom is -0.358 e. The second kappa shape index (κ2) is 15.3. The Morgan fingerprint density at radius 3 is 1.88 bits per heavy atom. The number of nitrogens with zero attached hydrogens (tertiary/aromatic N) is 5. The van der Waals surface area contributed by atoms with Crippen LogP contribution in [0.2, 0.25) is 0 Å². The molecular weight excluding hydrogens is 997 g/mol. The first-order chi connectivity index (χ1) is 29.5. The van der Waals surface area contributed by atoms with Crippen LogP contribution in [-0.2, 0) is 42.7 Å². The van der Waals surface area contributed by atoms with Crippen molar-refractivity contribution >= 4 is 38.9 Å². The first-order valence-corrected chi connectivity index (χ1v) is 21.1. The van der Waals surface area contributed by atoms with E-state index >= 15 is 17.6 Å². The van der Waals surface area contributed by atoms with E-state index in [0.717, 1.165) is 55.7 Å². The number of anilines is 3. The number of aromatic nitrogens is 4. The molecule has 8 aromatic rings. The molecule has 1 aliphatic heterocycles. The van der Waals surface area contributed by atoms with Crippen molar-refractivity contribution in [3.05, 3.63) is 160 Å². The van der Waals surface area contributed by atoms with Crippen LogP contribution in [0.25, 0.3) is 44.4 Å². The number of benzene rings is 5. The summed E-state index contributed by atoms with van der Waals surface area (Å²) in [6.07, 6.45) is 1.85. The normalized spacial score (nSPS) is 13.9.